The van der Waals surface area contributed by atoms with Crippen LogP contribution in [0.1, 0.15) is 0 Å². The molecule has 0 aromatic carbocycles. The van der Waals surface area contributed by atoms with Gasteiger partial charge in [0.15, 0.2) is 0 Å². The number of ether oxygens (including phenoxy) is 1. The van der Waals surface area contributed by atoms with Gasteiger partial charge >= 0.3 is 0 Å². The molecule has 0 N–H and O–H groups in total. The molecular formula is C5H10NO2S-. The Balaban J connectivity index is 2.41. The Bertz CT molecular complexity index is 118. The lowest BCUT2D eigenvalue weighted by molar-refractivity contribution is 0.151. The number of rotatable bonds is 0. The van der Waals surface area contributed by atoms with Crippen LogP contribution in [0, 0.1) is 7.05 Å². The van der Waals surface area contributed by atoms with Crippen molar-refractivity contribution in [1.29, 1.82) is 0 Å². The van der Waals surface area contributed by atoms with Crippen LogP contribution in [-0.4, -0.2) is 34.0 Å². The summed E-state index contributed by atoms with van der Waals surface area (Å²) < 4.78 is 17.5. The summed E-state index contributed by atoms with van der Waals surface area (Å²) in [5.74, 6) is 0.587. The first-order valence-electron chi connectivity index (χ1n) is 2.85. The van der Waals surface area contributed by atoms with E-state index in [9.17, 15) is 4.21 Å². The summed E-state index contributed by atoms with van der Waals surface area (Å²) in [7, 11) is 2.69. The molecule has 4 heteroatoms. The summed E-state index contributed by atoms with van der Waals surface area (Å²) in [5.41, 5.74) is 0. The molecular weight excluding hydrogens is 138 g/mol. The van der Waals surface area contributed by atoms with Gasteiger partial charge in [0.25, 0.3) is 0 Å². The van der Waals surface area contributed by atoms with Crippen molar-refractivity contribution in [1.82, 2.24) is 4.31 Å². The van der Waals surface area contributed by atoms with Crippen molar-refractivity contribution < 1.29 is 8.95 Å². The molecule has 0 aromatic rings. The monoisotopic (exact) mass is 148 g/mol. The van der Waals surface area contributed by atoms with Crippen molar-refractivity contribution in [2.45, 2.75) is 0 Å². The van der Waals surface area contributed by atoms with Gasteiger partial charge in [-0.25, -0.2) is 4.21 Å². The van der Waals surface area contributed by atoms with Gasteiger partial charge in [-0.1, -0.05) is 0 Å². The quantitative estimate of drug-likeness (QED) is 0.444. The van der Waals surface area contributed by atoms with Crippen LogP contribution in [0.5, 0.6) is 0 Å². The number of nitrogens with zero attached hydrogens (tertiary/aromatic N) is 1. The Morgan fingerprint density at radius 2 is 2.33 bits per heavy atom. The minimum absolute atomic E-state index is 0.587. The third kappa shape index (κ3) is 2.04. The van der Waals surface area contributed by atoms with Gasteiger partial charge in [-0.05, 0) is 0 Å². The lowest BCUT2D eigenvalue weighted by Gasteiger charge is -2.18. The van der Waals surface area contributed by atoms with Crippen molar-refractivity contribution in [2.75, 3.05) is 25.5 Å². The topological polar surface area (TPSA) is 29.5 Å². The van der Waals surface area contributed by atoms with Crippen LogP contribution in [0.4, 0.5) is 0 Å². The standard InChI is InChI=1S/C5H10NO2S/c1-6-2-3-8-4-5-9(6)7/h1-5H2/q-1. The highest BCUT2D eigenvalue weighted by Gasteiger charge is 2.05. The molecule has 1 unspecified atom stereocenters. The molecule has 0 aliphatic carbocycles. The van der Waals surface area contributed by atoms with E-state index in [2.05, 4.69) is 7.05 Å². The second-order valence-corrected chi connectivity index (χ2v) is 3.41. The third-order valence-electron chi connectivity index (χ3n) is 1.18. The minimum atomic E-state index is -0.905. The highest BCUT2D eigenvalue weighted by molar-refractivity contribution is 7.82. The summed E-state index contributed by atoms with van der Waals surface area (Å²) in [6.07, 6.45) is 0. The van der Waals surface area contributed by atoms with Gasteiger partial charge in [0.1, 0.15) is 0 Å². The van der Waals surface area contributed by atoms with E-state index in [1.165, 1.54) is 0 Å². The van der Waals surface area contributed by atoms with Crippen LogP contribution in [0.15, 0.2) is 0 Å². The maximum Gasteiger partial charge on any atom is 0.0667 e. The van der Waals surface area contributed by atoms with Gasteiger partial charge in [-0.2, -0.15) is 0 Å². The molecule has 3 nitrogen and oxygen atoms in total. The van der Waals surface area contributed by atoms with Crippen LogP contribution < -0.4 is 0 Å². The van der Waals surface area contributed by atoms with Crippen LogP contribution in [0.2, 0.25) is 0 Å². The van der Waals surface area contributed by atoms with E-state index in [0.29, 0.717) is 25.5 Å². The van der Waals surface area contributed by atoms with Crippen molar-refractivity contribution in [3.05, 3.63) is 7.05 Å². The normalized spacial score (nSPS) is 31.9. The second kappa shape index (κ2) is 3.29. The zero-order valence-corrected chi connectivity index (χ0v) is 6.02. The summed E-state index contributed by atoms with van der Waals surface area (Å²) in [5, 5.41) is 0. The lowest BCUT2D eigenvalue weighted by atomic mass is 10.7. The first kappa shape index (κ1) is 7.18. The Morgan fingerprint density at radius 3 is 3.11 bits per heavy atom. The first-order valence-corrected chi connectivity index (χ1v) is 4.12. The van der Waals surface area contributed by atoms with Crippen LogP contribution in [0.25, 0.3) is 0 Å². The molecule has 54 valence electrons. The summed E-state index contributed by atoms with van der Waals surface area (Å²) in [4.78, 5) is 0. The predicted octanol–water partition coefficient (Wildman–Crippen LogP) is -0.226. The Labute approximate surface area is 57.6 Å². The van der Waals surface area contributed by atoms with Gasteiger partial charge in [-0.3, -0.25) is 7.05 Å². The second-order valence-electron chi connectivity index (χ2n) is 1.84. The van der Waals surface area contributed by atoms with E-state index in [-0.39, 0.29) is 0 Å². The summed E-state index contributed by atoms with van der Waals surface area (Å²) in [6.45, 7) is 1.92. The SMILES string of the molecule is [CH2-]N1CCOCCS1=O. The van der Waals surface area contributed by atoms with Crippen LogP contribution >= 0.6 is 0 Å². The van der Waals surface area contributed by atoms with Crippen molar-refractivity contribution in [3.63, 3.8) is 0 Å². The molecule has 0 saturated carbocycles. The fourth-order valence-corrected chi connectivity index (χ4v) is 1.43. The smallest absolute Gasteiger partial charge is 0.0667 e. The fourth-order valence-electron chi connectivity index (χ4n) is 0.630. The molecule has 0 bridgehead atoms. The zero-order chi connectivity index (χ0) is 6.69. The fraction of sp³-hybridized carbons (Fsp3) is 0.800. The molecule has 9 heavy (non-hydrogen) atoms. The molecule has 1 saturated heterocycles. The van der Waals surface area contributed by atoms with Crippen molar-refractivity contribution in [3.8, 4) is 0 Å². The molecule has 1 aliphatic heterocycles. The van der Waals surface area contributed by atoms with Gasteiger partial charge in [-0.15, -0.1) is 0 Å². The highest BCUT2D eigenvalue weighted by atomic mass is 32.2. The summed E-state index contributed by atoms with van der Waals surface area (Å²) >= 11 is 0. The van der Waals surface area contributed by atoms with Crippen LogP contribution in [0.3, 0.4) is 0 Å². The Morgan fingerprint density at radius 1 is 1.56 bits per heavy atom. The summed E-state index contributed by atoms with van der Waals surface area (Å²) in [6, 6.07) is 0. The van der Waals surface area contributed by atoms with Crippen LogP contribution in [-0.2, 0) is 15.7 Å². The third-order valence-corrected chi connectivity index (χ3v) is 2.45. The van der Waals surface area contributed by atoms with E-state index in [1.807, 2.05) is 0 Å². The molecule has 0 radical (unpaired) electrons. The first-order chi connectivity index (χ1) is 4.30. The van der Waals surface area contributed by atoms with Gasteiger partial charge in [0, 0.05) is 6.54 Å². The maximum absolute atomic E-state index is 10.9. The number of hydrogen-bond acceptors (Lipinski definition) is 2. The van der Waals surface area contributed by atoms with E-state index in [4.69, 9.17) is 4.74 Å². The molecule has 1 fully saturated rings. The molecule has 0 aromatic heterocycles. The molecule has 0 spiro atoms. The molecule has 1 heterocycles. The highest BCUT2D eigenvalue weighted by Crippen LogP contribution is 1.97. The van der Waals surface area contributed by atoms with E-state index in [1.54, 1.807) is 4.31 Å². The van der Waals surface area contributed by atoms with Gasteiger partial charge in [0.05, 0.1) is 30.0 Å². The predicted molar refractivity (Wildman–Crippen MR) is 35.9 cm³/mol. The molecule has 1 atom stereocenters. The largest absolute Gasteiger partial charge is 0.379 e. The maximum atomic E-state index is 10.9. The van der Waals surface area contributed by atoms with Crippen molar-refractivity contribution in [2.24, 2.45) is 0 Å². The molecule has 1 aliphatic rings. The lowest BCUT2D eigenvalue weighted by Crippen LogP contribution is -2.21. The average molecular weight is 148 g/mol. The minimum Gasteiger partial charge on any atom is -0.379 e. The molecule has 1 rings (SSSR count). The Kier molecular flexibility index (Phi) is 2.63. The zero-order valence-electron chi connectivity index (χ0n) is 5.21. The number of hydrogen-bond donors (Lipinski definition) is 0. The van der Waals surface area contributed by atoms with Gasteiger partial charge < -0.3 is 9.04 Å². The van der Waals surface area contributed by atoms with E-state index >= 15 is 0 Å². The molecule has 0 amide bonds. The average Bonchev–Trinajstić information content (AvgIpc) is 1.99. The van der Waals surface area contributed by atoms with Crippen molar-refractivity contribution >= 4 is 11.0 Å². The van der Waals surface area contributed by atoms with E-state index in [0.717, 1.165) is 0 Å². The Hall–Kier alpha value is 0.0700. The van der Waals surface area contributed by atoms with E-state index < -0.39 is 11.0 Å². The van der Waals surface area contributed by atoms with Gasteiger partial charge in [0.2, 0.25) is 0 Å².